The molecule has 9 heteroatoms. The van der Waals surface area contributed by atoms with Gasteiger partial charge in [0.25, 0.3) is 0 Å². The molecule has 28 heavy (non-hydrogen) atoms. The summed E-state index contributed by atoms with van der Waals surface area (Å²) in [5.74, 6) is 2.45. The molecule has 1 aliphatic carbocycles. The zero-order valence-corrected chi connectivity index (χ0v) is 17.4. The van der Waals surface area contributed by atoms with E-state index in [-0.39, 0.29) is 11.8 Å². The Hall–Kier alpha value is -1.48. The van der Waals surface area contributed by atoms with Gasteiger partial charge in [-0.05, 0) is 25.7 Å². The molecular formula is C19H30N4O4S. The van der Waals surface area contributed by atoms with Crippen LogP contribution in [0.5, 0.6) is 0 Å². The molecular weight excluding hydrogens is 380 g/mol. The molecule has 2 saturated heterocycles. The third-order valence-corrected chi connectivity index (χ3v) is 7.76. The molecule has 0 spiro atoms. The number of carbonyl (C=O) groups is 1. The summed E-state index contributed by atoms with van der Waals surface area (Å²) in [6.07, 6.45) is 9.13. The Morgan fingerprint density at radius 1 is 1.11 bits per heavy atom. The molecule has 1 aromatic heterocycles. The lowest BCUT2D eigenvalue weighted by molar-refractivity contribution is -0.143. The highest BCUT2D eigenvalue weighted by Gasteiger charge is 2.36. The second kappa shape index (κ2) is 8.10. The second-order valence-electron chi connectivity index (χ2n) is 8.63. The van der Waals surface area contributed by atoms with Crippen molar-refractivity contribution in [3.05, 3.63) is 11.7 Å². The highest BCUT2D eigenvalue weighted by Crippen LogP contribution is 2.30. The van der Waals surface area contributed by atoms with E-state index < -0.39 is 10.0 Å². The van der Waals surface area contributed by atoms with Gasteiger partial charge >= 0.3 is 0 Å². The molecule has 3 aliphatic rings. The van der Waals surface area contributed by atoms with Gasteiger partial charge in [-0.25, -0.2) is 12.7 Å². The molecule has 1 amide bonds. The molecule has 1 saturated carbocycles. The number of hydrogen-bond acceptors (Lipinski definition) is 6. The Morgan fingerprint density at radius 2 is 1.79 bits per heavy atom. The Labute approximate surface area is 166 Å². The number of carbonyl (C=O) groups excluding carboxylic acids is 1. The number of rotatable bonds is 5. The zero-order valence-electron chi connectivity index (χ0n) is 16.5. The Morgan fingerprint density at radius 3 is 2.43 bits per heavy atom. The highest BCUT2D eigenvalue weighted by molar-refractivity contribution is 7.88. The highest BCUT2D eigenvalue weighted by atomic mass is 32.2. The zero-order chi connectivity index (χ0) is 19.7. The Balaban J connectivity index is 1.23. The summed E-state index contributed by atoms with van der Waals surface area (Å²) in [4.78, 5) is 19.1. The first-order chi connectivity index (χ1) is 13.4. The van der Waals surface area contributed by atoms with Crippen LogP contribution in [0.1, 0.15) is 62.6 Å². The number of aromatic nitrogens is 2. The number of piperidine rings is 1. The molecule has 0 bridgehead atoms. The lowest BCUT2D eigenvalue weighted by Gasteiger charge is -2.41. The molecule has 0 aromatic carbocycles. The molecule has 156 valence electrons. The topological polar surface area (TPSA) is 96.6 Å². The van der Waals surface area contributed by atoms with E-state index >= 15 is 0 Å². The fourth-order valence-electron chi connectivity index (χ4n) is 4.70. The maximum absolute atomic E-state index is 12.5. The molecule has 2 aliphatic heterocycles. The molecule has 1 aromatic rings. The van der Waals surface area contributed by atoms with E-state index in [0.29, 0.717) is 43.1 Å². The molecule has 3 fully saturated rings. The van der Waals surface area contributed by atoms with Crippen molar-refractivity contribution in [2.24, 2.45) is 11.8 Å². The van der Waals surface area contributed by atoms with Crippen LogP contribution in [0.2, 0.25) is 0 Å². The fourth-order valence-corrected chi connectivity index (χ4v) is 5.57. The molecule has 8 nitrogen and oxygen atoms in total. The van der Waals surface area contributed by atoms with Gasteiger partial charge in [0.2, 0.25) is 21.8 Å². The van der Waals surface area contributed by atoms with E-state index in [1.165, 1.54) is 29.8 Å². The molecule has 4 rings (SSSR count). The van der Waals surface area contributed by atoms with Crippen molar-refractivity contribution in [3.63, 3.8) is 0 Å². The molecule has 0 unspecified atom stereocenters. The first-order valence-corrected chi connectivity index (χ1v) is 12.3. The first-order valence-electron chi connectivity index (χ1n) is 10.5. The van der Waals surface area contributed by atoms with Crippen LogP contribution in [0.15, 0.2) is 4.52 Å². The maximum atomic E-state index is 12.5. The number of likely N-dealkylation sites (tertiary alicyclic amines) is 1. The summed E-state index contributed by atoms with van der Waals surface area (Å²) in [6, 6.07) is 0. The predicted molar refractivity (Wildman–Crippen MR) is 103 cm³/mol. The van der Waals surface area contributed by atoms with Gasteiger partial charge in [-0.1, -0.05) is 24.4 Å². The van der Waals surface area contributed by atoms with Gasteiger partial charge in [-0.3, -0.25) is 4.79 Å². The summed E-state index contributed by atoms with van der Waals surface area (Å²) >= 11 is 0. The van der Waals surface area contributed by atoms with Crippen molar-refractivity contribution < 1.29 is 17.7 Å². The van der Waals surface area contributed by atoms with Crippen molar-refractivity contribution in [2.75, 3.05) is 32.4 Å². The van der Waals surface area contributed by atoms with Crippen molar-refractivity contribution >= 4 is 15.9 Å². The third-order valence-electron chi connectivity index (χ3n) is 6.46. The van der Waals surface area contributed by atoms with E-state index in [2.05, 4.69) is 10.1 Å². The van der Waals surface area contributed by atoms with Gasteiger partial charge in [-0.2, -0.15) is 4.98 Å². The van der Waals surface area contributed by atoms with Crippen LogP contribution in [0, 0.1) is 11.8 Å². The summed E-state index contributed by atoms with van der Waals surface area (Å²) in [7, 11) is -3.12. The van der Waals surface area contributed by atoms with E-state index in [4.69, 9.17) is 4.52 Å². The summed E-state index contributed by atoms with van der Waals surface area (Å²) in [6.45, 7) is 2.60. The number of sulfonamides is 1. The SMILES string of the molecule is CS(=O)(=O)N1CCC(c2noc(CC3CN(C(=O)C4CCCCC4)C3)n2)CC1. The quantitative estimate of drug-likeness (QED) is 0.734. The summed E-state index contributed by atoms with van der Waals surface area (Å²) < 4.78 is 30.2. The second-order valence-corrected chi connectivity index (χ2v) is 10.6. The van der Waals surface area contributed by atoms with E-state index in [1.54, 1.807) is 0 Å². The van der Waals surface area contributed by atoms with Crippen LogP contribution in [0.3, 0.4) is 0 Å². The fraction of sp³-hybridized carbons (Fsp3) is 0.842. The van der Waals surface area contributed by atoms with Gasteiger partial charge in [-0.15, -0.1) is 0 Å². The molecule has 0 atom stereocenters. The van der Waals surface area contributed by atoms with Crippen LogP contribution in [0.4, 0.5) is 0 Å². The van der Waals surface area contributed by atoms with Gasteiger partial charge in [0.15, 0.2) is 5.82 Å². The molecule has 0 N–H and O–H groups in total. The Kier molecular flexibility index (Phi) is 5.73. The van der Waals surface area contributed by atoms with Crippen molar-refractivity contribution in [1.82, 2.24) is 19.3 Å². The van der Waals surface area contributed by atoms with Gasteiger partial charge in [0.1, 0.15) is 0 Å². The van der Waals surface area contributed by atoms with Crippen LogP contribution in [0.25, 0.3) is 0 Å². The molecule has 3 heterocycles. The van der Waals surface area contributed by atoms with Crippen LogP contribution < -0.4 is 0 Å². The van der Waals surface area contributed by atoms with Crippen LogP contribution >= 0.6 is 0 Å². The largest absolute Gasteiger partial charge is 0.342 e. The minimum absolute atomic E-state index is 0.154. The van der Waals surface area contributed by atoms with E-state index in [1.807, 2.05) is 4.90 Å². The molecule has 0 radical (unpaired) electrons. The smallest absolute Gasteiger partial charge is 0.227 e. The maximum Gasteiger partial charge on any atom is 0.227 e. The standard InChI is InChI=1S/C19H30N4O4S/c1-28(25,26)23-9-7-15(8-10-23)18-20-17(27-21-18)11-14-12-22(13-14)19(24)16-5-3-2-4-6-16/h14-16H,2-13H2,1H3. The van der Waals surface area contributed by atoms with Gasteiger partial charge in [0.05, 0.1) is 6.26 Å². The van der Waals surface area contributed by atoms with Gasteiger partial charge in [0, 0.05) is 50.4 Å². The number of hydrogen-bond donors (Lipinski definition) is 0. The van der Waals surface area contributed by atoms with Crippen LogP contribution in [-0.4, -0.2) is 66.1 Å². The first kappa shape index (κ1) is 19.8. The summed E-state index contributed by atoms with van der Waals surface area (Å²) in [5, 5.41) is 4.13. The van der Waals surface area contributed by atoms with Crippen LogP contribution in [-0.2, 0) is 21.2 Å². The lowest BCUT2D eigenvalue weighted by atomic mass is 9.86. The predicted octanol–water partition coefficient (Wildman–Crippen LogP) is 1.79. The minimum atomic E-state index is -3.12. The lowest BCUT2D eigenvalue weighted by Crippen LogP contribution is -2.52. The van der Waals surface area contributed by atoms with Crippen molar-refractivity contribution in [2.45, 2.75) is 57.3 Å². The average Bonchev–Trinajstić information content (AvgIpc) is 3.13. The van der Waals surface area contributed by atoms with Crippen molar-refractivity contribution in [3.8, 4) is 0 Å². The number of nitrogens with zero attached hydrogens (tertiary/aromatic N) is 4. The van der Waals surface area contributed by atoms with E-state index in [0.717, 1.165) is 38.8 Å². The third kappa shape index (κ3) is 4.40. The van der Waals surface area contributed by atoms with Crippen molar-refractivity contribution in [1.29, 1.82) is 0 Å². The Bertz CT molecular complexity index is 789. The number of amides is 1. The minimum Gasteiger partial charge on any atom is -0.342 e. The monoisotopic (exact) mass is 410 g/mol. The summed E-state index contributed by atoms with van der Waals surface area (Å²) in [5.41, 5.74) is 0. The normalized spacial score (nSPS) is 23.7. The van der Waals surface area contributed by atoms with Gasteiger partial charge < -0.3 is 9.42 Å². The average molecular weight is 411 g/mol. The van der Waals surface area contributed by atoms with E-state index in [9.17, 15) is 13.2 Å².